The maximum absolute atomic E-state index is 12.1. The van der Waals surface area contributed by atoms with E-state index in [4.69, 9.17) is 4.74 Å². The van der Waals surface area contributed by atoms with Gasteiger partial charge in [-0.1, -0.05) is 36.4 Å². The van der Waals surface area contributed by atoms with Gasteiger partial charge in [-0.3, -0.25) is 4.79 Å². The van der Waals surface area contributed by atoms with E-state index in [9.17, 15) is 4.79 Å². The molecule has 0 saturated heterocycles. The molecule has 0 aromatic heterocycles. The van der Waals surface area contributed by atoms with Gasteiger partial charge in [-0.2, -0.15) is 0 Å². The van der Waals surface area contributed by atoms with Crippen molar-refractivity contribution in [1.29, 1.82) is 0 Å². The third-order valence-electron chi connectivity index (χ3n) is 4.56. The van der Waals surface area contributed by atoms with Crippen LogP contribution in [0.5, 0.6) is 5.75 Å². The zero-order valence-corrected chi connectivity index (χ0v) is 14.3. The van der Waals surface area contributed by atoms with Gasteiger partial charge in [0.1, 0.15) is 5.75 Å². The van der Waals surface area contributed by atoms with Gasteiger partial charge in [-0.15, -0.1) is 0 Å². The number of carbonyl (C=O) groups is 1. The summed E-state index contributed by atoms with van der Waals surface area (Å²) in [6, 6.07) is 16.4. The minimum Gasteiger partial charge on any atom is -0.494 e. The molecule has 0 bridgehead atoms. The van der Waals surface area contributed by atoms with Crippen LogP contribution in [0.2, 0.25) is 0 Å². The van der Waals surface area contributed by atoms with Crippen molar-refractivity contribution < 1.29 is 9.53 Å². The van der Waals surface area contributed by atoms with Crippen LogP contribution in [0.3, 0.4) is 0 Å². The van der Waals surface area contributed by atoms with Crippen molar-refractivity contribution in [2.75, 3.05) is 6.61 Å². The average molecular weight is 323 g/mol. The highest BCUT2D eigenvalue weighted by atomic mass is 16.5. The van der Waals surface area contributed by atoms with Crippen molar-refractivity contribution in [2.24, 2.45) is 0 Å². The summed E-state index contributed by atoms with van der Waals surface area (Å²) in [5.41, 5.74) is 4.12. The highest BCUT2D eigenvalue weighted by Crippen LogP contribution is 2.25. The average Bonchev–Trinajstić information content (AvgIpc) is 3.07. The van der Waals surface area contributed by atoms with E-state index in [-0.39, 0.29) is 11.9 Å². The third kappa shape index (κ3) is 4.38. The van der Waals surface area contributed by atoms with E-state index in [1.807, 2.05) is 30.3 Å². The first-order valence-corrected chi connectivity index (χ1v) is 8.81. The number of nitrogens with one attached hydrogen (secondary N) is 1. The number of rotatable bonds is 7. The largest absolute Gasteiger partial charge is 0.494 e. The Kier molecular flexibility index (Phi) is 5.52. The molecule has 24 heavy (non-hydrogen) atoms. The van der Waals surface area contributed by atoms with E-state index in [0.29, 0.717) is 13.0 Å². The fourth-order valence-electron chi connectivity index (χ4n) is 3.20. The molecule has 0 radical (unpaired) electrons. The molecule has 0 heterocycles. The van der Waals surface area contributed by atoms with Gasteiger partial charge >= 0.3 is 0 Å². The van der Waals surface area contributed by atoms with Gasteiger partial charge in [0, 0.05) is 6.42 Å². The van der Waals surface area contributed by atoms with Gasteiger partial charge in [-0.25, -0.2) is 0 Å². The lowest BCUT2D eigenvalue weighted by Gasteiger charge is -2.16. The van der Waals surface area contributed by atoms with Crippen molar-refractivity contribution in [3.63, 3.8) is 0 Å². The minimum absolute atomic E-state index is 0.0541. The molecule has 3 heteroatoms. The molecule has 126 valence electrons. The number of hydrogen-bond acceptors (Lipinski definition) is 2. The topological polar surface area (TPSA) is 38.3 Å². The summed E-state index contributed by atoms with van der Waals surface area (Å²) in [5.74, 6) is 0.934. The van der Waals surface area contributed by atoms with E-state index in [0.717, 1.165) is 12.2 Å². The lowest BCUT2D eigenvalue weighted by Crippen LogP contribution is -2.26. The quantitative estimate of drug-likeness (QED) is 0.775. The van der Waals surface area contributed by atoms with Crippen molar-refractivity contribution >= 4 is 5.91 Å². The molecular weight excluding hydrogens is 298 g/mol. The summed E-state index contributed by atoms with van der Waals surface area (Å²) >= 11 is 0. The summed E-state index contributed by atoms with van der Waals surface area (Å²) in [5, 5.41) is 3.09. The Balaban J connectivity index is 1.41. The monoisotopic (exact) mass is 323 g/mol. The molecule has 0 spiro atoms. The molecule has 2 aromatic rings. The molecule has 0 aliphatic heterocycles. The van der Waals surface area contributed by atoms with Crippen LogP contribution in [0.1, 0.15) is 48.9 Å². The Hall–Kier alpha value is -2.29. The first-order chi connectivity index (χ1) is 11.7. The van der Waals surface area contributed by atoms with E-state index in [1.54, 1.807) is 0 Å². The maximum Gasteiger partial charge on any atom is 0.220 e. The standard InChI is InChI=1S/C21H25NO2/c1-16(18-13-12-17-7-5-8-19(17)15-18)22-21(23)11-6-14-24-20-9-3-2-4-10-20/h2-4,9-10,12-13,15-16H,5-8,11,14H2,1H3,(H,22,23)/t16-/m1/s1. The molecule has 2 aromatic carbocycles. The summed E-state index contributed by atoms with van der Waals surface area (Å²) < 4.78 is 5.62. The Morgan fingerprint density at radius 1 is 1.12 bits per heavy atom. The van der Waals surface area contributed by atoms with Gasteiger partial charge < -0.3 is 10.1 Å². The second kappa shape index (κ2) is 8.00. The Bertz CT molecular complexity index is 681. The Morgan fingerprint density at radius 3 is 2.75 bits per heavy atom. The first kappa shape index (κ1) is 16.6. The van der Waals surface area contributed by atoms with Gasteiger partial charge in [0.15, 0.2) is 0 Å². The maximum atomic E-state index is 12.1. The zero-order valence-electron chi connectivity index (χ0n) is 14.3. The smallest absolute Gasteiger partial charge is 0.220 e. The number of para-hydroxylation sites is 1. The molecule has 3 nitrogen and oxygen atoms in total. The normalized spacial score (nSPS) is 14.0. The first-order valence-electron chi connectivity index (χ1n) is 8.81. The summed E-state index contributed by atoms with van der Waals surface area (Å²) in [7, 11) is 0. The zero-order chi connectivity index (χ0) is 16.8. The van der Waals surface area contributed by atoms with Crippen LogP contribution in [0.25, 0.3) is 0 Å². The number of carbonyl (C=O) groups excluding carboxylic acids is 1. The molecule has 0 fully saturated rings. The fourth-order valence-corrected chi connectivity index (χ4v) is 3.20. The summed E-state index contributed by atoms with van der Waals surface area (Å²) in [4.78, 5) is 12.1. The van der Waals surface area contributed by atoms with Crippen molar-refractivity contribution in [3.8, 4) is 5.75 Å². The minimum atomic E-state index is 0.0541. The number of ether oxygens (including phenoxy) is 1. The summed E-state index contributed by atoms with van der Waals surface area (Å²) in [6.07, 6.45) is 4.82. The third-order valence-corrected chi connectivity index (χ3v) is 4.56. The van der Waals surface area contributed by atoms with Crippen LogP contribution in [-0.4, -0.2) is 12.5 Å². The van der Waals surface area contributed by atoms with Crippen molar-refractivity contribution in [1.82, 2.24) is 5.32 Å². The van der Waals surface area contributed by atoms with Gasteiger partial charge in [0.05, 0.1) is 12.6 Å². The van der Waals surface area contributed by atoms with E-state index >= 15 is 0 Å². The Morgan fingerprint density at radius 2 is 1.92 bits per heavy atom. The highest BCUT2D eigenvalue weighted by Gasteiger charge is 2.14. The molecular formula is C21H25NO2. The highest BCUT2D eigenvalue weighted by molar-refractivity contribution is 5.76. The molecule has 1 atom stereocenters. The van der Waals surface area contributed by atoms with Crippen LogP contribution >= 0.6 is 0 Å². The predicted octanol–water partition coefficient (Wildman–Crippen LogP) is 4.21. The second-order valence-corrected chi connectivity index (χ2v) is 6.44. The second-order valence-electron chi connectivity index (χ2n) is 6.44. The number of amides is 1. The molecule has 1 N–H and O–H groups in total. The number of aryl methyl sites for hydroxylation is 2. The molecule has 1 aliphatic rings. The fraction of sp³-hybridized carbons (Fsp3) is 0.381. The van der Waals surface area contributed by atoms with Crippen LogP contribution in [0, 0.1) is 0 Å². The lowest BCUT2D eigenvalue weighted by atomic mass is 10.0. The molecule has 0 unspecified atom stereocenters. The van der Waals surface area contributed by atoms with E-state index in [2.05, 4.69) is 30.4 Å². The van der Waals surface area contributed by atoms with Gasteiger partial charge in [-0.05, 0) is 61.4 Å². The van der Waals surface area contributed by atoms with Crippen molar-refractivity contribution in [2.45, 2.75) is 45.1 Å². The van der Waals surface area contributed by atoms with Gasteiger partial charge in [0.25, 0.3) is 0 Å². The van der Waals surface area contributed by atoms with Crippen molar-refractivity contribution in [3.05, 3.63) is 65.2 Å². The summed E-state index contributed by atoms with van der Waals surface area (Å²) in [6.45, 7) is 2.61. The number of fused-ring (bicyclic) bond motifs is 1. The molecule has 3 rings (SSSR count). The van der Waals surface area contributed by atoms with E-state index < -0.39 is 0 Å². The SMILES string of the molecule is C[C@@H](NC(=O)CCCOc1ccccc1)c1ccc2c(c1)CCC2. The van der Waals surface area contributed by atoms with Crippen LogP contribution < -0.4 is 10.1 Å². The number of benzene rings is 2. The van der Waals surface area contributed by atoms with Gasteiger partial charge in [0.2, 0.25) is 5.91 Å². The molecule has 1 aliphatic carbocycles. The molecule has 1 amide bonds. The number of hydrogen-bond donors (Lipinski definition) is 1. The Labute approximate surface area is 144 Å². The van der Waals surface area contributed by atoms with Crippen LogP contribution in [0.4, 0.5) is 0 Å². The lowest BCUT2D eigenvalue weighted by molar-refractivity contribution is -0.121. The van der Waals surface area contributed by atoms with E-state index in [1.165, 1.54) is 36.0 Å². The van der Waals surface area contributed by atoms with Crippen LogP contribution in [0.15, 0.2) is 48.5 Å². The van der Waals surface area contributed by atoms with Crippen LogP contribution in [-0.2, 0) is 17.6 Å². The molecule has 0 saturated carbocycles. The predicted molar refractivity (Wildman–Crippen MR) is 96.2 cm³/mol.